The van der Waals surface area contributed by atoms with Crippen molar-refractivity contribution in [2.75, 3.05) is 7.11 Å². The van der Waals surface area contributed by atoms with E-state index in [9.17, 15) is 9.90 Å². The predicted molar refractivity (Wildman–Crippen MR) is 51.6 cm³/mol. The normalized spacial score (nSPS) is 9.93. The number of phenols is 1. The van der Waals surface area contributed by atoms with Crippen LogP contribution in [-0.4, -0.2) is 23.3 Å². The maximum absolute atomic E-state index is 10.7. The molecule has 0 bridgehead atoms. The minimum Gasteiger partial charge on any atom is -0.504 e. The fourth-order valence-electron chi connectivity index (χ4n) is 0.944. The highest BCUT2D eigenvalue weighted by Crippen LogP contribution is 2.39. The van der Waals surface area contributed by atoms with Crippen LogP contribution in [-0.2, 0) is 0 Å². The van der Waals surface area contributed by atoms with Crippen LogP contribution in [0, 0.1) is 0 Å². The number of methoxy groups -OCH3 is 1. The summed E-state index contributed by atoms with van der Waals surface area (Å²) < 4.78 is 4.72. The number of carboxylic acid groups (broad SMARTS) is 1. The zero-order valence-electron chi connectivity index (χ0n) is 7.04. The van der Waals surface area contributed by atoms with E-state index in [-0.39, 0.29) is 15.8 Å². The summed E-state index contributed by atoms with van der Waals surface area (Å²) in [6.45, 7) is 0. The molecule has 0 spiro atoms. The maximum atomic E-state index is 10.7. The average Bonchev–Trinajstić information content (AvgIpc) is 2.11. The summed E-state index contributed by atoms with van der Waals surface area (Å²) >= 11 is 11.2. The summed E-state index contributed by atoms with van der Waals surface area (Å²) in [6, 6.07) is 1.24. The fraction of sp³-hybridized carbons (Fsp3) is 0.125. The standard InChI is InChI=1S/C8H6Cl2O4/c1-14-4-2-3(9)6(10)5(7(4)11)8(12)13/h2,11H,1H3,(H,12,13). The van der Waals surface area contributed by atoms with Gasteiger partial charge in [0.1, 0.15) is 5.56 Å². The highest BCUT2D eigenvalue weighted by molar-refractivity contribution is 6.44. The van der Waals surface area contributed by atoms with Crippen molar-refractivity contribution in [2.24, 2.45) is 0 Å². The quantitative estimate of drug-likeness (QED) is 0.828. The monoisotopic (exact) mass is 236 g/mol. The molecule has 0 fully saturated rings. The molecule has 0 aliphatic heterocycles. The minimum absolute atomic E-state index is 0.0127. The van der Waals surface area contributed by atoms with Gasteiger partial charge in [0.15, 0.2) is 11.5 Å². The van der Waals surface area contributed by atoms with Gasteiger partial charge in [-0.1, -0.05) is 23.2 Å². The summed E-state index contributed by atoms with van der Waals surface area (Å²) in [5.74, 6) is -1.93. The highest BCUT2D eigenvalue weighted by atomic mass is 35.5. The van der Waals surface area contributed by atoms with Crippen LogP contribution in [0.3, 0.4) is 0 Å². The van der Waals surface area contributed by atoms with E-state index in [1.54, 1.807) is 0 Å². The Balaban J connectivity index is 3.53. The molecule has 0 radical (unpaired) electrons. The molecule has 0 amide bonds. The van der Waals surface area contributed by atoms with Gasteiger partial charge in [-0.3, -0.25) is 0 Å². The van der Waals surface area contributed by atoms with Crippen LogP contribution < -0.4 is 4.74 Å². The summed E-state index contributed by atoms with van der Waals surface area (Å²) in [5, 5.41) is 17.9. The van der Waals surface area contributed by atoms with Crippen molar-refractivity contribution in [2.45, 2.75) is 0 Å². The Kier molecular flexibility index (Phi) is 3.08. The number of aromatic carboxylic acids is 1. The third-order valence-corrected chi connectivity index (χ3v) is 2.38. The molecule has 0 atom stereocenters. The number of hydrogen-bond donors (Lipinski definition) is 2. The number of benzene rings is 1. The van der Waals surface area contributed by atoms with Crippen molar-refractivity contribution in [1.29, 1.82) is 0 Å². The van der Waals surface area contributed by atoms with E-state index >= 15 is 0 Å². The molecule has 0 saturated carbocycles. The average molecular weight is 237 g/mol. The lowest BCUT2D eigenvalue weighted by Gasteiger charge is -2.08. The predicted octanol–water partition coefficient (Wildman–Crippen LogP) is 2.41. The van der Waals surface area contributed by atoms with Gasteiger partial charge < -0.3 is 14.9 Å². The number of carboxylic acids is 1. The molecule has 0 aliphatic rings. The first-order chi connectivity index (χ1) is 6.49. The Morgan fingerprint density at radius 1 is 1.50 bits per heavy atom. The molecule has 2 N–H and O–H groups in total. The zero-order valence-corrected chi connectivity index (χ0v) is 8.56. The summed E-state index contributed by atoms with van der Waals surface area (Å²) in [4.78, 5) is 10.7. The first kappa shape index (κ1) is 10.9. The van der Waals surface area contributed by atoms with Crippen LogP contribution in [0.1, 0.15) is 10.4 Å². The van der Waals surface area contributed by atoms with Crippen molar-refractivity contribution in [3.05, 3.63) is 21.7 Å². The van der Waals surface area contributed by atoms with Gasteiger partial charge in [-0.2, -0.15) is 0 Å². The van der Waals surface area contributed by atoms with E-state index in [1.165, 1.54) is 13.2 Å². The summed E-state index contributed by atoms with van der Waals surface area (Å²) in [6.07, 6.45) is 0. The van der Waals surface area contributed by atoms with E-state index < -0.39 is 17.3 Å². The van der Waals surface area contributed by atoms with Crippen molar-refractivity contribution in [3.63, 3.8) is 0 Å². The van der Waals surface area contributed by atoms with Gasteiger partial charge in [-0.05, 0) is 0 Å². The van der Waals surface area contributed by atoms with E-state index in [2.05, 4.69) is 0 Å². The van der Waals surface area contributed by atoms with Gasteiger partial charge in [0.2, 0.25) is 0 Å². The van der Waals surface area contributed by atoms with Crippen molar-refractivity contribution >= 4 is 29.2 Å². The molecule has 0 aromatic heterocycles. The number of halogens is 2. The third kappa shape index (κ3) is 1.71. The molecule has 1 aromatic carbocycles. The van der Waals surface area contributed by atoms with Crippen LogP contribution in [0.25, 0.3) is 0 Å². The van der Waals surface area contributed by atoms with Crippen molar-refractivity contribution in [3.8, 4) is 11.5 Å². The Morgan fingerprint density at radius 2 is 2.07 bits per heavy atom. The van der Waals surface area contributed by atoms with Gasteiger partial charge >= 0.3 is 5.97 Å². The number of aromatic hydroxyl groups is 1. The van der Waals surface area contributed by atoms with Crippen LogP contribution in [0.4, 0.5) is 0 Å². The molecule has 0 aliphatic carbocycles. The number of rotatable bonds is 2. The number of hydrogen-bond acceptors (Lipinski definition) is 3. The molecule has 0 heterocycles. The molecule has 0 saturated heterocycles. The molecular weight excluding hydrogens is 231 g/mol. The van der Waals surface area contributed by atoms with Gasteiger partial charge in [-0.25, -0.2) is 4.79 Å². The summed E-state index contributed by atoms with van der Waals surface area (Å²) in [5.41, 5.74) is -0.462. The van der Waals surface area contributed by atoms with Crippen LogP contribution >= 0.6 is 23.2 Å². The highest BCUT2D eigenvalue weighted by Gasteiger charge is 2.21. The molecule has 1 rings (SSSR count). The molecule has 76 valence electrons. The van der Waals surface area contributed by atoms with E-state index in [4.69, 9.17) is 33.0 Å². The van der Waals surface area contributed by atoms with Gasteiger partial charge in [0, 0.05) is 6.07 Å². The van der Waals surface area contributed by atoms with Crippen LogP contribution in [0.5, 0.6) is 11.5 Å². The van der Waals surface area contributed by atoms with Crippen molar-refractivity contribution in [1.82, 2.24) is 0 Å². The van der Waals surface area contributed by atoms with E-state index in [0.717, 1.165) is 0 Å². The second-order valence-electron chi connectivity index (χ2n) is 2.40. The lowest BCUT2D eigenvalue weighted by Crippen LogP contribution is -2.00. The van der Waals surface area contributed by atoms with Gasteiger partial charge in [-0.15, -0.1) is 0 Å². The zero-order chi connectivity index (χ0) is 10.9. The minimum atomic E-state index is -1.37. The molecule has 6 heteroatoms. The number of carbonyl (C=O) groups is 1. The molecule has 1 aromatic rings. The maximum Gasteiger partial charge on any atom is 0.341 e. The summed E-state index contributed by atoms with van der Waals surface area (Å²) in [7, 11) is 1.28. The molecule has 14 heavy (non-hydrogen) atoms. The Morgan fingerprint density at radius 3 is 2.50 bits per heavy atom. The first-order valence-corrected chi connectivity index (χ1v) is 4.22. The molecule has 0 unspecified atom stereocenters. The fourth-order valence-corrected chi connectivity index (χ4v) is 1.36. The largest absolute Gasteiger partial charge is 0.504 e. The lowest BCUT2D eigenvalue weighted by atomic mass is 10.2. The Bertz CT molecular complexity index is 389. The molecular formula is C8H6Cl2O4. The van der Waals surface area contributed by atoms with Crippen LogP contribution in [0.15, 0.2) is 6.07 Å². The third-order valence-electron chi connectivity index (χ3n) is 1.59. The topological polar surface area (TPSA) is 66.8 Å². The SMILES string of the molecule is COc1cc(Cl)c(Cl)c(C(=O)O)c1O. The lowest BCUT2D eigenvalue weighted by molar-refractivity contribution is 0.0693. The Hall–Kier alpha value is -1.13. The second-order valence-corrected chi connectivity index (χ2v) is 3.19. The molecule has 4 nitrogen and oxygen atoms in total. The van der Waals surface area contributed by atoms with E-state index in [0.29, 0.717) is 0 Å². The smallest absolute Gasteiger partial charge is 0.341 e. The Labute approximate surface area is 89.6 Å². The van der Waals surface area contributed by atoms with Crippen molar-refractivity contribution < 1.29 is 19.7 Å². The van der Waals surface area contributed by atoms with E-state index in [1.807, 2.05) is 0 Å². The second kappa shape index (κ2) is 3.94. The van der Waals surface area contributed by atoms with Gasteiger partial charge in [0.05, 0.1) is 17.2 Å². The van der Waals surface area contributed by atoms with Gasteiger partial charge in [0.25, 0.3) is 0 Å². The first-order valence-electron chi connectivity index (χ1n) is 3.47. The van der Waals surface area contributed by atoms with Crippen LogP contribution in [0.2, 0.25) is 10.0 Å². The number of ether oxygens (including phenoxy) is 1.